The van der Waals surface area contributed by atoms with Crippen LogP contribution in [0.5, 0.6) is 0 Å². The van der Waals surface area contributed by atoms with Gasteiger partial charge in [-0.05, 0) is 0 Å². The van der Waals surface area contributed by atoms with Crippen molar-refractivity contribution in [3.8, 4) is 0 Å². The van der Waals surface area contributed by atoms with E-state index in [1.807, 2.05) is 0 Å². The van der Waals surface area contributed by atoms with E-state index < -0.39 is 7.32 Å². The molecule has 0 aromatic heterocycles. The molecule has 0 bridgehead atoms. The smallest absolute Gasteiger partial charge is 0.402 e. The highest BCUT2D eigenvalue weighted by atomic mass is 19.0. The Bertz CT molecular complexity index is 68.9. The SMILES string of the molecule is CCCCCCCC.F.F.OB(O)O. The van der Waals surface area contributed by atoms with Gasteiger partial charge in [0.1, 0.15) is 0 Å². The van der Waals surface area contributed by atoms with Crippen LogP contribution in [0.2, 0.25) is 0 Å². The molecule has 0 saturated carbocycles. The van der Waals surface area contributed by atoms with Crippen LogP contribution in [0.25, 0.3) is 0 Å². The minimum Gasteiger partial charge on any atom is -0.402 e. The quantitative estimate of drug-likeness (QED) is 0.483. The van der Waals surface area contributed by atoms with Gasteiger partial charge in [-0.25, -0.2) is 0 Å². The van der Waals surface area contributed by atoms with Gasteiger partial charge >= 0.3 is 7.32 Å². The molecular formula is C8H23BF2O3. The summed E-state index contributed by atoms with van der Waals surface area (Å²) < 4.78 is 0. The van der Waals surface area contributed by atoms with E-state index in [1.165, 1.54) is 38.5 Å². The van der Waals surface area contributed by atoms with Crippen molar-refractivity contribution >= 4 is 7.32 Å². The Morgan fingerprint density at radius 3 is 1.07 bits per heavy atom. The Balaban J connectivity index is -0.0000000733. The van der Waals surface area contributed by atoms with Crippen molar-refractivity contribution < 1.29 is 24.5 Å². The minimum atomic E-state index is -2.17. The van der Waals surface area contributed by atoms with Crippen LogP contribution in [0.4, 0.5) is 9.41 Å². The van der Waals surface area contributed by atoms with Gasteiger partial charge in [0.2, 0.25) is 0 Å². The highest BCUT2D eigenvalue weighted by Crippen LogP contribution is 2.03. The fraction of sp³-hybridized carbons (Fsp3) is 1.00. The Hall–Kier alpha value is -0.195. The van der Waals surface area contributed by atoms with Gasteiger partial charge in [0.15, 0.2) is 0 Å². The lowest BCUT2D eigenvalue weighted by atomic mass is 10.1. The topological polar surface area (TPSA) is 60.7 Å². The van der Waals surface area contributed by atoms with Gasteiger partial charge in [0.25, 0.3) is 0 Å². The predicted octanol–water partition coefficient (Wildman–Crippen LogP) is 1.62. The van der Waals surface area contributed by atoms with E-state index in [4.69, 9.17) is 15.1 Å². The molecule has 0 atom stereocenters. The van der Waals surface area contributed by atoms with Gasteiger partial charge in [-0.3, -0.25) is 9.41 Å². The molecule has 0 radical (unpaired) electrons. The van der Waals surface area contributed by atoms with E-state index in [-0.39, 0.29) is 9.41 Å². The summed E-state index contributed by atoms with van der Waals surface area (Å²) in [5, 5.41) is 21.5. The molecule has 0 amide bonds. The molecule has 0 heterocycles. The van der Waals surface area contributed by atoms with Gasteiger partial charge < -0.3 is 15.1 Å². The number of hydrogen-bond donors (Lipinski definition) is 3. The van der Waals surface area contributed by atoms with Crippen LogP contribution < -0.4 is 0 Å². The second-order valence-electron chi connectivity index (χ2n) is 2.76. The first-order chi connectivity index (χ1) is 5.65. The number of rotatable bonds is 5. The maximum absolute atomic E-state index is 7.17. The first-order valence-corrected chi connectivity index (χ1v) is 4.69. The Morgan fingerprint density at radius 1 is 0.714 bits per heavy atom. The monoisotopic (exact) mass is 216 g/mol. The third-order valence-electron chi connectivity index (χ3n) is 1.46. The van der Waals surface area contributed by atoms with Gasteiger partial charge in [0.05, 0.1) is 0 Å². The maximum atomic E-state index is 7.17. The van der Waals surface area contributed by atoms with Crippen molar-refractivity contribution in [2.45, 2.75) is 52.4 Å². The molecule has 14 heavy (non-hydrogen) atoms. The van der Waals surface area contributed by atoms with Gasteiger partial charge in [-0.2, -0.15) is 0 Å². The maximum Gasteiger partial charge on any atom is 0.631 e. The third kappa shape index (κ3) is 59.7. The fourth-order valence-corrected chi connectivity index (χ4v) is 0.854. The van der Waals surface area contributed by atoms with E-state index in [1.54, 1.807) is 0 Å². The molecule has 3 N–H and O–H groups in total. The zero-order valence-corrected chi connectivity index (χ0v) is 8.98. The molecule has 0 aromatic carbocycles. The molecule has 6 heteroatoms. The predicted molar refractivity (Wildman–Crippen MR) is 56.5 cm³/mol. The molecule has 90 valence electrons. The largest absolute Gasteiger partial charge is 0.631 e. The van der Waals surface area contributed by atoms with Gasteiger partial charge in [-0.1, -0.05) is 52.4 Å². The van der Waals surface area contributed by atoms with Crippen molar-refractivity contribution in [3.05, 3.63) is 0 Å². The molecular weight excluding hydrogens is 193 g/mol. The van der Waals surface area contributed by atoms with Crippen LogP contribution in [-0.4, -0.2) is 22.4 Å². The van der Waals surface area contributed by atoms with Crippen LogP contribution in [0.1, 0.15) is 52.4 Å². The van der Waals surface area contributed by atoms with E-state index in [0.717, 1.165) is 0 Å². The Morgan fingerprint density at radius 2 is 0.929 bits per heavy atom. The summed E-state index contributed by atoms with van der Waals surface area (Å²) in [5.41, 5.74) is 0. The van der Waals surface area contributed by atoms with Crippen LogP contribution in [0, 0.1) is 0 Å². The van der Waals surface area contributed by atoms with Crippen molar-refractivity contribution in [1.82, 2.24) is 0 Å². The normalized spacial score (nSPS) is 7.50. The lowest BCUT2D eigenvalue weighted by Crippen LogP contribution is -2.07. The van der Waals surface area contributed by atoms with E-state index in [9.17, 15) is 0 Å². The molecule has 0 unspecified atom stereocenters. The second-order valence-corrected chi connectivity index (χ2v) is 2.76. The summed E-state index contributed by atoms with van der Waals surface area (Å²) in [4.78, 5) is 0. The lowest BCUT2D eigenvalue weighted by molar-refractivity contribution is 0.278. The summed E-state index contributed by atoms with van der Waals surface area (Å²) in [6.07, 6.45) is 8.49. The minimum absolute atomic E-state index is 0. The van der Waals surface area contributed by atoms with Gasteiger partial charge in [0, 0.05) is 0 Å². The van der Waals surface area contributed by atoms with Crippen LogP contribution >= 0.6 is 0 Å². The molecule has 0 spiro atoms. The summed E-state index contributed by atoms with van der Waals surface area (Å²) in [6, 6.07) is 0. The Labute approximate surface area is 85.1 Å². The fourth-order valence-electron chi connectivity index (χ4n) is 0.854. The summed E-state index contributed by atoms with van der Waals surface area (Å²) in [6.45, 7) is 4.51. The summed E-state index contributed by atoms with van der Waals surface area (Å²) >= 11 is 0. The molecule has 0 rings (SSSR count). The van der Waals surface area contributed by atoms with Crippen LogP contribution in [0.15, 0.2) is 0 Å². The summed E-state index contributed by atoms with van der Waals surface area (Å²) in [7, 11) is -2.17. The average molecular weight is 216 g/mol. The zero-order chi connectivity index (χ0) is 9.82. The standard InChI is InChI=1S/C8H18.BH3O3.2FH/c1-3-5-7-8-6-4-2;2-1(3)4;;/h3-8H2,1-2H3;2-4H;2*1H. The van der Waals surface area contributed by atoms with E-state index in [2.05, 4.69) is 13.8 Å². The third-order valence-corrected chi connectivity index (χ3v) is 1.46. The van der Waals surface area contributed by atoms with Crippen LogP contribution in [-0.2, 0) is 0 Å². The van der Waals surface area contributed by atoms with Crippen molar-refractivity contribution in [2.75, 3.05) is 0 Å². The first kappa shape index (κ1) is 23.5. The highest BCUT2D eigenvalue weighted by molar-refractivity contribution is 6.30. The average Bonchev–Trinajstić information content (AvgIpc) is 1.97. The van der Waals surface area contributed by atoms with Crippen LogP contribution in [0.3, 0.4) is 0 Å². The molecule has 0 aromatic rings. The molecule has 0 aliphatic rings. The zero-order valence-electron chi connectivity index (χ0n) is 8.98. The summed E-state index contributed by atoms with van der Waals surface area (Å²) in [5.74, 6) is 0. The molecule has 0 aliphatic heterocycles. The van der Waals surface area contributed by atoms with E-state index >= 15 is 0 Å². The molecule has 0 aliphatic carbocycles. The highest BCUT2D eigenvalue weighted by Gasteiger charge is 1.92. The first-order valence-electron chi connectivity index (χ1n) is 4.69. The number of halogens is 2. The molecule has 3 nitrogen and oxygen atoms in total. The number of hydrogen-bond acceptors (Lipinski definition) is 3. The van der Waals surface area contributed by atoms with Gasteiger partial charge in [-0.15, -0.1) is 0 Å². The number of unbranched alkanes of at least 4 members (excludes halogenated alkanes) is 5. The van der Waals surface area contributed by atoms with Crippen molar-refractivity contribution in [3.63, 3.8) is 0 Å². The Kier molecular flexibility index (Phi) is 38.7. The molecule has 0 fully saturated rings. The van der Waals surface area contributed by atoms with Crippen molar-refractivity contribution in [2.24, 2.45) is 0 Å². The lowest BCUT2D eigenvalue weighted by Gasteiger charge is -1.93. The second kappa shape index (κ2) is 23.0. The molecule has 0 saturated heterocycles. The van der Waals surface area contributed by atoms with Crippen molar-refractivity contribution in [1.29, 1.82) is 0 Å². The van der Waals surface area contributed by atoms with E-state index in [0.29, 0.717) is 0 Å².